The molecular formula is C38H23N3. The van der Waals surface area contributed by atoms with Crippen molar-refractivity contribution in [2.75, 3.05) is 0 Å². The lowest BCUT2D eigenvalue weighted by Crippen LogP contribution is -2.03. The second-order valence-corrected chi connectivity index (χ2v) is 10.7. The van der Waals surface area contributed by atoms with Crippen LogP contribution in [0.4, 0.5) is 0 Å². The van der Waals surface area contributed by atoms with Crippen LogP contribution in [0.2, 0.25) is 0 Å². The van der Waals surface area contributed by atoms with E-state index in [1.807, 2.05) is 0 Å². The Labute approximate surface area is 235 Å². The molecule has 2 aromatic heterocycles. The molecule has 0 saturated heterocycles. The van der Waals surface area contributed by atoms with Gasteiger partial charge in [0, 0.05) is 21.7 Å². The number of fused-ring (bicyclic) bond motifs is 8. The van der Waals surface area contributed by atoms with Crippen LogP contribution in [-0.2, 0) is 0 Å². The molecule has 41 heavy (non-hydrogen) atoms. The minimum Gasteiger partial charge on any atom is -0.278 e. The minimum atomic E-state index is 0.679. The molecule has 0 amide bonds. The first kappa shape index (κ1) is 22.3. The number of nitrogens with zero attached hydrogens (tertiary/aromatic N) is 3. The summed E-state index contributed by atoms with van der Waals surface area (Å²) in [6, 6.07) is 49.6. The van der Waals surface area contributed by atoms with Crippen LogP contribution >= 0.6 is 0 Å². The van der Waals surface area contributed by atoms with Crippen LogP contribution < -0.4 is 0 Å². The summed E-state index contributed by atoms with van der Waals surface area (Å²) in [5.74, 6) is 0.679. The molecule has 3 heteroatoms. The van der Waals surface area contributed by atoms with Gasteiger partial charge in [-0.15, -0.1) is 0 Å². The Bertz CT molecular complexity index is 2490. The van der Waals surface area contributed by atoms with E-state index in [1.165, 1.54) is 43.1 Å². The number of rotatable bonds is 2. The van der Waals surface area contributed by atoms with Gasteiger partial charge in [0.15, 0.2) is 0 Å². The molecule has 2 heterocycles. The van der Waals surface area contributed by atoms with Crippen molar-refractivity contribution in [1.29, 1.82) is 0 Å². The summed E-state index contributed by atoms with van der Waals surface area (Å²) in [6.45, 7) is 0. The van der Waals surface area contributed by atoms with Crippen LogP contribution in [0.1, 0.15) is 0 Å². The first-order chi connectivity index (χ1) is 20.3. The molecule has 0 spiro atoms. The van der Waals surface area contributed by atoms with Crippen molar-refractivity contribution in [3.63, 3.8) is 0 Å². The highest BCUT2D eigenvalue weighted by atomic mass is 15.2. The summed E-state index contributed by atoms with van der Waals surface area (Å²) < 4.78 is 2.23. The van der Waals surface area contributed by atoms with Crippen LogP contribution in [0.25, 0.3) is 82.2 Å². The molecule has 0 aliphatic carbocycles. The summed E-state index contributed by atoms with van der Waals surface area (Å²) in [6.07, 6.45) is 0. The molecule has 7 aromatic carbocycles. The Kier molecular flexibility index (Phi) is 4.61. The van der Waals surface area contributed by atoms with Crippen LogP contribution in [0.15, 0.2) is 140 Å². The fraction of sp³-hybridized carbons (Fsp3) is 0. The molecule has 0 fully saturated rings. The first-order valence-corrected chi connectivity index (χ1v) is 13.9. The van der Waals surface area contributed by atoms with E-state index in [2.05, 4.69) is 144 Å². The molecule has 190 valence electrons. The van der Waals surface area contributed by atoms with Crippen LogP contribution in [0, 0.1) is 0 Å². The predicted octanol–water partition coefficient (Wildman–Crippen LogP) is 9.85. The van der Waals surface area contributed by atoms with Gasteiger partial charge < -0.3 is 0 Å². The fourth-order valence-electron chi connectivity index (χ4n) is 6.40. The largest absolute Gasteiger partial charge is 0.278 e. The van der Waals surface area contributed by atoms with Crippen molar-refractivity contribution in [3.05, 3.63) is 140 Å². The van der Waals surface area contributed by atoms with Crippen molar-refractivity contribution in [3.8, 4) is 17.2 Å². The van der Waals surface area contributed by atoms with Crippen LogP contribution in [0.3, 0.4) is 0 Å². The summed E-state index contributed by atoms with van der Waals surface area (Å²) in [7, 11) is 0. The van der Waals surface area contributed by atoms with Crippen molar-refractivity contribution in [1.82, 2.24) is 14.5 Å². The molecule has 0 bridgehead atoms. The Morgan fingerprint density at radius 2 is 1.02 bits per heavy atom. The quantitative estimate of drug-likeness (QED) is 0.212. The second-order valence-electron chi connectivity index (χ2n) is 10.7. The van der Waals surface area contributed by atoms with Gasteiger partial charge in [0.1, 0.15) is 0 Å². The van der Waals surface area contributed by atoms with Crippen LogP contribution in [0.5, 0.6) is 0 Å². The molecule has 9 aromatic rings. The van der Waals surface area contributed by atoms with E-state index in [4.69, 9.17) is 9.97 Å². The number of hydrogen-bond acceptors (Lipinski definition) is 2. The normalized spacial score (nSPS) is 11.9. The van der Waals surface area contributed by atoms with E-state index >= 15 is 0 Å². The van der Waals surface area contributed by atoms with Gasteiger partial charge in [-0.25, -0.2) is 9.97 Å². The first-order valence-electron chi connectivity index (χ1n) is 13.9. The topological polar surface area (TPSA) is 30.7 Å². The lowest BCUT2D eigenvalue weighted by molar-refractivity contribution is 1.01. The molecule has 9 rings (SSSR count). The van der Waals surface area contributed by atoms with Crippen molar-refractivity contribution in [2.24, 2.45) is 0 Å². The third kappa shape index (κ3) is 3.33. The second kappa shape index (κ2) is 8.48. The number of hydrogen-bond donors (Lipinski definition) is 0. The highest BCUT2D eigenvalue weighted by Gasteiger charge is 2.18. The molecule has 0 radical (unpaired) electrons. The van der Waals surface area contributed by atoms with Gasteiger partial charge in [-0.1, -0.05) is 109 Å². The Hall–Kier alpha value is -5.54. The van der Waals surface area contributed by atoms with Gasteiger partial charge in [0.25, 0.3) is 0 Å². The molecule has 3 nitrogen and oxygen atoms in total. The lowest BCUT2D eigenvalue weighted by atomic mass is 9.98. The number of aromatic nitrogens is 3. The van der Waals surface area contributed by atoms with Crippen molar-refractivity contribution < 1.29 is 0 Å². The van der Waals surface area contributed by atoms with E-state index in [9.17, 15) is 0 Å². The Balaban J connectivity index is 1.38. The van der Waals surface area contributed by atoms with E-state index in [0.29, 0.717) is 5.95 Å². The molecular weight excluding hydrogens is 498 g/mol. The maximum Gasteiger partial charge on any atom is 0.235 e. The predicted molar refractivity (Wildman–Crippen MR) is 172 cm³/mol. The smallest absolute Gasteiger partial charge is 0.235 e. The summed E-state index contributed by atoms with van der Waals surface area (Å²) in [5, 5.41) is 10.8. The Morgan fingerprint density at radius 1 is 0.390 bits per heavy atom. The van der Waals surface area contributed by atoms with Gasteiger partial charge in [0.2, 0.25) is 5.95 Å². The summed E-state index contributed by atoms with van der Waals surface area (Å²) in [5.41, 5.74) is 5.16. The standard InChI is InChI=1S/C38H23N3/c1-2-11-27-23-36-33(21-26(27)10-1)30-13-6-8-16-35(30)41(36)38-39-34-15-7-5-14-31(34)37(40-38)28-20-19-25-18-17-24-9-3-4-12-29(24)32(25)22-28/h1-23H. The molecule has 0 aliphatic rings. The highest BCUT2D eigenvalue weighted by molar-refractivity contribution is 6.14. The van der Waals surface area contributed by atoms with Gasteiger partial charge >= 0.3 is 0 Å². The van der Waals surface area contributed by atoms with Gasteiger partial charge in [-0.2, -0.15) is 0 Å². The molecule has 0 unspecified atom stereocenters. The molecule has 0 N–H and O–H groups in total. The average Bonchev–Trinajstić information content (AvgIpc) is 3.36. The lowest BCUT2D eigenvalue weighted by Gasteiger charge is -2.13. The summed E-state index contributed by atoms with van der Waals surface area (Å²) >= 11 is 0. The molecule has 0 atom stereocenters. The van der Waals surface area contributed by atoms with E-state index in [-0.39, 0.29) is 0 Å². The maximum absolute atomic E-state index is 5.33. The Morgan fingerprint density at radius 3 is 1.88 bits per heavy atom. The third-order valence-corrected chi connectivity index (χ3v) is 8.35. The number of benzene rings is 7. The van der Waals surface area contributed by atoms with Crippen LogP contribution in [-0.4, -0.2) is 14.5 Å². The molecule has 0 aliphatic heterocycles. The van der Waals surface area contributed by atoms with Crippen molar-refractivity contribution >= 4 is 65.0 Å². The third-order valence-electron chi connectivity index (χ3n) is 8.35. The molecule has 0 saturated carbocycles. The zero-order chi connectivity index (χ0) is 26.9. The minimum absolute atomic E-state index is 0.679. The fourth-order valence-corrected chi connectivity index (χ4v) is 6.40. The van der Waals surface area contributed by atoms with E-state index in [1.54, 1.807) is 0 Å². The van der Waals surface area contributed by atoms with E-state index < -0.39 is 0 Å². The highest BCUT2D eigenvalue weighted by Crippen LogP contribution is 2.36. The maximum atomic E-state index is 5.33. The average molecular weight is 522 g/mol. The van der Waals surface area contributed by atoms with Crippen molar-refractivity contribution in [2.45, 2.75) is 0 Å². The number of para-hydroxylation sites is 2. The SMILES string of the molecule is c1ccc2cc3c(cc2c1)c1ccccc1n3-c1nc(-c2ccc3ccc4ccccc4c3c2)c2ccccc2n1. The van der Waals surface area contributed by atoms with Gasteiger partial charge in [-0.05, 0) is 62.6 Å². The monoisotopic (exact) mass is 521 g/mol. The van der Waals surface area contributed by atoms with E-state index in [0.717, 1.165) is 33.2 Å². The van der Waals surface area contributed by atoms with Gasteiger partial charge in [-0.3, -0.25) is 4.57 Å². The zero-order valence-corrected chi connectivity index (χ0v) is 22.1. The van der Waals surface area contributed by atoms with Gasteiger partial charge in [0.05, 0.1) is 22.2 Å². The summed E-state index contributed by atoms with van der Waals surface area (Å²) in [4.78, 5) is 10.5. The zero-order valence-electron chi connectivity index (χ0n) is 22.1.